The molecule has 3 rings (SSSR count). The number of ether oxygens (including phenoxy) is 1. The van der Waals surface area contributed by atoms with Crippen molar-refractivity contribution in [1.29, 1.82) is 0 Å². The molecular weight excluding hydrogens is 323 g/mol. The molecule has 24 heavy (non-hydrogen) atoms. The van der Waals surface area contributed by atoms with E-state index in [1.807, 2.05) is 12.1 Å². The van der Waals surface area contributed by atoms with Gasteiger partial charge in [0.1, 0.15) is 0 Å². The monoisotopic (exact) mass is 335 g/mol. The van der Waals surface area contributed by atoms with Crippen LogP contribution in [0.4, 0.5) is 18.9 Å². The Morgan fingerprint density at radius 3 is 2.54 bits per heavy atom. The van der Waals surface area contributed by atoms with E-state index in [2.05, 4.69) is 20.3 Å². The summed E-state index contributed by atoms with van der Waals surface area (Å²) >= 11 is 0. The highest BCUT2D eigenvalue weighted by atomic mass is 19.3. The first-order valence-corrected chi connectivity index (χ1v) is 6.95. The number of aromatic nitrogens is 2. The Bertz CT molecular complexity index is 793. The molecule has 0 aliphatic carbocycles. The molecule has 1 aromatic heterocycles. The highest BCUT2D eigenvalue weighted by Gasteiger charge is 2.10. The third kappa shape index (κ3) is 3.83. The summed E-state index contributed by atoms with van der Waals surface area (Å²) in [7, 11) is 0. The molecule has 1 N–H and O–H groups in total. The van der Waals surface area contributed by atoms with Gasteiger partial charge in [0.05, 0.1) is 0 Å². The molecule has 0 fully saturated rings. The van der Waals surface area contributed by atoms with Gasteiger partial charge in [-0.05, 0) is 42.0 Å². The van der Waals surface area contributed by atoms with E-state index in [9.17, 15) is 13.2 Å². The van der Waals surface area contributed by atoms with E-state index < -0.39 is 18.2 Å². The van der Waals surface area contributed by atoms with Gasteiger partial charge in [-0.2, -0.15) is 8.78 Å². The summed E-state index contributed by atoms with van der Waals surface area (Å²) < 4.78 is 47.0. The van der Waals surface area contributed by atoms with E-state index in [0.717, 1.165) is 17.3 Å². The maximum atomic E-state index is 13.6. The Morgan fingerprint density at radius 1 is 1.12 bits per heavy atom. The molecule has 2 aromatic carbocycles. The van der Waals surface area contributed by atoms with Crippen LogP contribution in [0.3, 0.4) is 0 Å². The molecule has 0 radical (unpaired) electrons. The Morgan fingerprint density at radius 2 is 1.92 bits per heavy atom. The second kappa shape index (κ2) is 7.03. The molecule has 0 aliphatic rings. The van der Waals surface area contributed by atoms with Crippen LogP contribution < -0.4 is 10.1 Å². The lowest BCUT2D eigenvalue weighted by molar-refractivity contribution is -0.0522. The van der Waals surface area contributed by atoms with E-state index in [4.69, 9.17) is 4.42 Å². The summed E-state index contributed by atoms with van der Waals surface area (Å²) in [6, 6.07) is 11.1. The van der Waals surface area contributed by atoms with Gasteiger partial charge in [0, 0.05) is 17.8 Å². The molecule has 0 atom stereocenters. The molecule has 124 valence electrons. The summed E-state index contributed by atoms with van der Waals surface area (Å²) in [5.41, 5.74) is 2.17. The van der Waals surface area contributed by atoms with Crippen molar-refractivity contribution in [3.63, 3.8) is 0 Å². The first-order chi connectivity index (χ1) is 11.6. The van der Waals surface area contributed by atoms with Gasteiger partial charge in [0.15, 0.2) is 11.6 Å². The Hall–Kier alpha value is -3.03. The summed E-state index contributed by atoms with van der Waals surface area (Å²) in [5.74, 6) is -0.891. The van der Waals surface area contributed by atoms with Crippen molar-refractivity contribution in [3.05, 3.63) is 60.2 Å². The van der Waals surface area contributed by atoms with Crippen LogP contribution in [0.15, 0.2) is 53.3 Å². The van der Waals surface area contributed by atoms with Crippen LogP contribution in [0.25, 0.3) is 11.5 Å². The van der Waals surface area contributed by atoms with Crippen molar-refractivity contribution in [2.24, 2.45) is 0 Å². The number of halogens is 3. The number of hydrogen-bond donors (Lipinski definition) is 1. The Balaban J connectivity index is 1.62. The lowest BCUT2D eigenvalue weighted by Crippen LogP contribution is -2.05. The van der Waals surface area contributed by atoms with E-state index in [1.54, 1.807) is 12.1 Å². The average molecular weight is 335 g/mol. The number of alkyl halides is 2. The largest absolute Gasteiger partial charge is 0.432 e. The van der Waals surface area contributed by atoms with Crippen LogP contribution in [0.1, 0.15) is 5.56 Å². The van der Waals surface area contributed by atoms with Gasteiger partial charge in [-0.25, -0.2) is 4.39 Å². The molecule has 5 nitrogen and oxygen atoms in total. The van der Waals surface area contributed by atoms with Crippen LogP contribution in [-0.2, 0) is 6.54 Å². The lowest BCUT2D eigenvalue weighted by Gasteiger charge is -2.09. The van der Waals surface area contributed by atoms with Gasteiger partial charge >= 0.3 is 6.61 Å². The maximum absolute atomic E-state index is 13.6. The maximum Gasteiger partial charge on any atom is 0.387 e. The van der Waals surface area contributed by atoms with E-state index in [0.29, 0.717) is 18.0 Å². The Labute approximate surface area is 135 Å². The smallest absolute Gasteiger partial charge is 0.387 e. The van der Waals surface area contributed by atoms with Crippen molar-refractivity contribution in [2.75, 3.05) is 5.32 Å². The quantitative estimate of drug-likeness (QED) is 0.735. The molecule has 0 saturated carbocycles. The van der Waals surface area contributed by atoms with Crippen LogP contribution in [0.2, 0.25) is 0 Å². The number of benzene rings is 2. The summed E-state index contributed by atoms with van der Waals surface area (Å²) in [4.78, 5) is 0. The number of anilines is 1. The molecule has 0 unspecified atom stereocenters. The van der Waals surface area contributed by atoms with E-state index in [1.165, 1.54) is 18.5 Å². The predicted octanol–water partition coefficient (Wildman–Crippen LogP) is 4.09. The molecule has 1 heterocycles. The van der Waals surface area contributed by atoms with E-state index in [-0.39, 0.29) is 0 Å². The minimum atomic E-state index is -3.05. The van der Waals surface area contributed by atoms with Crippen molar-refractivity contribution in [1.82, 2.24) is 10.2 Å². The van der Waals surface area contributed by atoms with Crippen molar-refractivity contribution < 1.29 is 22.3 Å². The molecule has 0 saturated heterocycles. The fourth-order valence-corrected chi connectivity index (χ4v) is 2.08. The van der Waals surface area contributed by atoms with Crippen LogP contribution >= 0.6 is 0 Å². The van der Waals surface area contributed by atoms with Crippen LogP contribution in [-0.4, -0.2) is 16.8 Å². The first-order valence-electron chi connectivity index (χ1n) is 6.95. The predicted molar refractivity (Wildman–Crippen MR) is 80.1 cm³/mol. The number of nitrogens with one attached hydrogen (secondary N) is 1. The Kier molecular flexibility index (Phi) is 4.64. The minimum absolute atomic E-state index is 0.325. The highest BCUT2D eigenvalue weighted by Crippen LogP contribution is 2.22. The third-order valence-corrected chi connectivity index (χ3v) is 3.20. The standard InChI is InChI=1S/C16H12F3N3O2/c17-13-7-10(1-6-14(13)24-16(18)19)8-20-12-4-2-11(3-5-12)15-22-21-9-23-15/h1-7,9,16,20H,8H2. The van der Waals surface area contributed by atoms with Crippen LogP contribution in [0, 0.1) is 5.82 Å². The summed E-state index contributed by atoms with van der Waals surface area (Å²) in [6.07, 6.45) is 1.25. The average Bonchev–Trinajstić information content (AvgIpc) is 3.10. The van der Waals surface area contributed by atoms with Gasteiger partial charge in [-0.1, -0.05) is 6.07 Å². The molecule has 0 bridgehead atoms. The molecule has 0 spiro atoms. The number of rotatable bonds is 6. The zero-order valence-corrected chi connectivity index (χ0v) is 12.2. The van der Waals surface area contributed by atoms with Crippen molar-refractivity contribution >= 4 is 5.69 Å². The first kappa shape index (κ1) is 15.9. The molecule has 8 heteroatoms. The second-order valence-electron chi connectivity index (χ2n) is 4.82. The molecule has 0 amide bonds. The zero-order valence-electron chi connectivity index (χ0n) is 12.2. The highest BCUT2D eigenvalue weighted by molar-refractivity contribution is 5.58. The normalized spacial score (nSPS) is 10.8. The summed E-state index contributed by atoms with van der Waals surface area (Å²) in [6.45, 7) is -2.73. The molecule has 3 aromatic rings. The fraction of sp³-hybridized carbons (Fsp3) is 0.125. The van der Waals surface area contributed by atoms with Gasteiger partial charge in [0.25, 0.3) is 0 Å². The van der Waals surface area contributed by atoms with Crippen molar-refractivity contribution in [3.8, 4) is 17.2 Å². The van der Waals surface area contributed by atoms with Gasteiger partial charge < -0.3 is 14.5 Å². The van der Waals surface area contributed by atoms with Gasteiger partial charge in [-0.3, -0.25) is 0 Å². The summed E-state index contributed by atoms with van der Waals surface area (Å²) in [5, 5.41) is 10.5. The van der Waals surface area contributed by atoms with Crippen LogP contribution in [0.5, 0.6) is 5.75 Å². The third-order valence-electron chi connectivity index (χ3n) is 3.20. The molecule has 0 aliphatic heterocycles. The topological polar surface area (TPSA) is 60.2 Å². The zero-order chi connectivity index (χ0) is 16.9. The SMILES string of the molecule is Fc1cc(CNc2ccc(-c3nnco3)cc2)ccc1OC(F)F. The van der Waals surface area contributed by atoms with E-state index >= 15 is 0 Å². The number of nitrogens with zero attached hydrogens (tertiary/aromatic N) is 2. The second-order valence-corrected chi connectivity index (χ2v) is 4.82. The lowest BCUT2D eigenvalue weighted by atomic mass is 10.2. The van der Waals surface area contributed by atoms with Gasteiger partial charge in [0.2, 0.25) is 12.3 Å². The van der Waals surface area contributed by atoms with Crippen molar-refractivity contribution in [2.45, 2.75) is 13.2 Å². The minimum Gasteiger partial charge on any atom is -0.432 e. The number of hydrogen-bond acceptors (Lipinski definition) is 5. The van der Waals surface area contributed by atoms with Gasteiger partial charge in [-0.15, -0.1) is 10.2 Å². The fourth-order valence-electron chi connectivity index (χ4n) is 2.08. The molecular formula is C16H12F3N3O2.